The molecule has 170 valence electrons. The highest BCUT2D eigenvalue weighted by Gasteiger charge is 2.66. The van der Waals surface area contributed by atoms with Gasteiger partial charge in [-0.05, 0) is 74.2 Å². The molecule has 4 aliphatic carbocycles. The first kappa shape index (κ1) is 20.6. The number of benzene rings is 1. The molecule has 0 spiro atoms. The molecule has 32 heavy (non-hydrogen) atoms. The smallest absolute Gasteiger partial charge is 0.261 e. The summed E-state index contributed by atoms with van der Waals surface area (Å²) in [6.07, 6.45) is 8.06. The minimum atomic E-state index is -1.78. The minimum absolute atomic E-state index is 0.0642. The monoisotopic (exact) mass is 435 g/mol. The van der Waals surface area contributed by atoms with E-state index in [1.165, 1.54) is 5.57 Å². The number of hydrogen-bond donors (Lipinski definition) is 3. The summed E-state index contributed by atoms with van der Waals surface area (Å²) in [7, 11) is 0. The van der Waals surface area contributed by atoms with Gasteiger partial charge in [0.25, 0.3) is 5.91 Å². The number of allylic oxidation sites excluding steroid dienone is 1. The van der Waals surface area contributed by atoms with E-state index in [2.05, 4.69) is 25.2 Å². The number of rotatable bonds is 1. The number of Topliss-reactive ketones (excluding diaryl/α,β-unsaturated/α-hetero) is 1. The quantitative estimate of drug-likeness (QED) is 0.583. The third-order valence-electron chi connectivity index (χ3n) is 10.3. The van der Waals surface area contributed by atoms with Crippen LogP contribution in [0.2, 0.25) is 0 Å². The Bertz CT molecular complexity index is 1050. The molecule has 0 radical (unpaired) electrons. The summed E-state index contributed by atoms with van der Waals surface area (Å²) in [5.41, 5.74) is 0.390. The van der Waals surface area contributed by atoms with Crippen LogP contribution in [0.3, 0.4) is 0 Å². The maximum Gasteiger partial charge on any atom is 0.261 e. The normalized spacial score (nSPS) is 47.1. The van der Waals surface area contributed by atoms with Crippen molar-refractivity contribution in [3.63, 3.8) is 0 Å². The van der Waals surface area contributed by atoms with Gasteiger partial charge in [0.05, 0.1) is 12.0 Å². The van der Waals surface area contributed by atoms with E-state index < -0.39 is 22.8 Å². The molecule has 5 heteroatoms. The van der Waals surface area contributed by atoms with Crippen molar-refractivity contribution in [2.45, 2.75) is 70.5 Å². The zero-order valence-electron chi connectivity index (χ0n) is 18.9. The maximum atomic E-state index is 13.9. The number of nitrogens with one attached hydrogen (secondary N) is 1. The number of aliphatic hydroxyl groups excluding tert-OH is 1. The van der Waals surface area contributed by atoms with Gasteiger partial charge in [0.1, 0.15) is 5.78 Å². The van der Waals surface area contributed by atoms with Crippen molar-refractivity contribution in [2.75, 3.05) is 5.32 Å². The largest absolute Gasteiger partial charge is 0.393 e. The second-order valence-electron chi connectivity index (χ2n) is 11.5. The molecule has 0 saturated heterocycles. The van der Waals surface area contributed by atoms with Gasteiger partial charge in [-0.15, -0.1) is 0 Å². The topological polar surface area (TPSA) is 86.6 Å². The number of carbonyl (C=O) groups excluding carboxylic acids is 2. The van der Waals surface area contributed by atoms with Crippen LogP contribution in [0.5, 0.6) is 0 Å². The van der Waals surface area contributed by atoms with Crippen LogP contribution in [-0.4, -0.2) is 28.0 Å². The van der Waals surface area contributed by atoms with Crippen molar-refractivity contribution in [1.29, 1.82) is 0 Å². The summed E-state index contributed by atoms with van der Waals surface area (Å²) in [4.78, 5) is 26.9. The molecule has 8 atom stereocenters. The third-order valence-corrected chi connectivity index (χ3v) is 10.3. The van der Waals surface area contributed by atoms with Crippen molar-refractivity contribution < 1.29 is 19.8 Å². The second kappa shape index (κ2) is 6.54. The number of anilines is 1. The Hall–Kier alpha value is -1.98. The Labute approximate surface area is 189 Å². The SMILES string of the molecule is C[C@]12CC[C@H](O)CC1=CC[C@@H]1[C@@H]2CC[C@]2(C)C(=O)C(C3(O)C(=O)Nc4ccccc43)C[C@@H]12. The van der Waals surface area contributed by atoms with Crippen LogP contribution >= 0.6 is 0 Å². The van der Waals surface area contributed by atoms with Gasteiger partial charge < -0.3 is 15.5 Å². The molecule has 1 aromatic rings. The molecule has 0 aromatic heterocycles. The lowest BCUT2D eigenvalue weighted by molar-refractivity contribution is -0.150. The van der Waals surface area contributed by atoms with E-state index in [1.54, 1.807) is 12.1 Å². The predicted octanol–water partition coefficient (Wildman–Crippen LogP) is 3.95. The van der Waals surface area contributed by atoms with Crippen LogP contribution in [0.25, 0.3) is 0 Å². The van der Waals surface area contributed by atoms with Crippen LogP contribution in [0.1, 0.15) is 64.4 Å². The van der Waals surface area contributed by atoms with Crippen molar-refractivity contribution >= 4 is 17.4 Å². The fraction of sp³-hybridized carbons (Fsp3) is 0.630. The van der Waals surface area contributed by atoms with Crippen molar-refractivity contribution in [2.24, 2.45) is 34.5 Å². The van der Waals surface area contributed by atoms with Gasteiger partial charge in [-0.25, -0.2) is 0 Å². The van der Waals surface area contributed by atoms with E-state index in [4.69, 9.17) is 0 Å². The summed E-state index contributed by atoms with van der Waals surface area (Å²) in [6.45, 7) is 4.46. The third kappa shape index (κ3) is 2.42. The molecule has 5 nitrogen and oxygen atoms in total. The van der Waals surface area contributed by atoms with Crippen LogP contribution in [0, 0.1) is 34.5 Å². The van der Waals surface area contributed by atoms with E-state index in [0.29, 0.717) is 29.5 Å². The van der Waals surface area contributed by atoms with Crippen LogP contribution in [0.15, 0.2) is 35.9 Å². The predicted molar refractivity (Wildman–Crippen MR) is 121 cm³/mol. The number of hydrogen-bond acceptors (Lipinski definition) is 4. The molecule has 2 unspecified atom stereocenters. The Morgan fingerprint density at radius 3 is 2.59 bits per heavy atom. The molecular formula is C27H33NO4. The van der Waals surface area contributed by atoms with Crippen molar-refractivity contribution in [1.82, 2.24) is 0 Å². The molecule has 1 aliphatic heterocycles. The van der Waals surface area contributed by atoms with Crippen LogP contribution < -0.4 is 5.32 Å². The molecule has 1 heterocycles. The molecule has 0 bridgehead atoms. The van der Waals surface area contributed by atoms with Crippen LogP contribution in [-0.2, 0) is 15.2 Å². The second-order valence-corrected chi connectivity index (χ2v) is 11.5. The van der Waals surface area contributed by atoms with E-state index in [1.807, 2.05) is 12.1 Å². The average molecular weight is 436 g/mol. The highest BCUT2D eigenvalue weighted by molar-refractivity contribution is 6.09. The van der Waals surface area contributed by atoms with Gasteiger partial charge in [0.15, 0.2) is 5.60 Å². The summed E-state index contributed by atoms with van der Waals surface area (Å²) < 4.78 is 0. The van der Waals surface area contributed by atoms with Crippen molar-refractivity contribution in [3.8, 4) is 0 Å². The van der Waals surface area contributed by atoms with Gasteiger partial charge >= 0.3 is 0 Å². The zero-order chi connectivity index (χ0) is 22.5. The average Bonchev–Trinajstić information content (AvgIpc) is 3.20. The summed E-state index contributed by atoms with van der Waals surface area (Å²) in [5.74, 6) is -0.0470. The van der Waals surface area contributed by atoms with Gasteiger partial charge in [-0.2, -0.15) is 0 Å². The molecule has 5 aliphatic rings. The van der Waals surface area contributed by atoms with Gasteiger partial charge in [-0.1, -0.05) is 43.7 Å². The Balaban J connectivity index is 1.38. The summed E-state index contributed by atoms with van der Waals surface area (Å²) >= 11 is 0. The van der Waals surface area contributed by atoms with Crippen molar-refractivity contribution in [3.05, 3.63) is 41.5 Å². The lowest BCUT2D eigenvalue weighted by atomic mass is 9.48. The minimum Gasteiger partial charge on any atom is -0.393 e. The number of ketones is 1. The maximum absolute atomic E-state index is 13.9. The Morgan fingerprint density at radius 2 is 1.78 bits per heavy atom. The molecule has 1 amide bonds. The highest BCUT2D eigenvalue weighted by atomic mass is 16.3. The lowest BCUT2D eigenvalue weighted by Gasteiger charge is -2.56. The molecule has 3 fully saturated rings. The molecular weight excluding hydrogens is 402 g/mol. The molecule has 3 saturated carbocycles. The van der Waals surface area contributed by atoms with Gasteiger partial charge in [-0.3, -0.25) is 9.59 Å². The molecule has 3 N–H and O–H groups in total. The number of fused-ring (bicyclic) bond motifs is 6. The van der Waals surface area contributed by atoms with E-state index in [0.717, 1.165) is 38.5 Å². The van der Waals surface area contributed by atoms with E-state index in [9.17, 15) is 19.8 Å². The first-order chi connectivity index (χ1) is 15.2. The van der Waals surface area contributed by atoms with E-state index >= 15 is 0 Å². The van der Waals surface area contributed by atoms with E-state index in [-0.39, 0.29) is 23.2 Å². The highest BCUT2D eigenvalue weighted by Crippen LogP contribution is 2.66. The Morgan fingerprint density at radius 1 is 1.03 bits per heavy atom. The Kier molecular flexibility index (Phi) is 4.21. The van der Waals surface area contributed by atoms with Gasteiger partial charge in [0.2, 0.25) is 0 Å². The molecule has 6 rings (SSSR count). The number of para-hydroxylation sites is 1. The fourth-order valence-corrected chi connectivity index (χ4v) is 8.43. The summed E-state index contributed by atoms with van der Waals surface area (Å²) in [5, 5.41) is 24.8. The lowest BCUT2D eigenvalue weighted by Crippen LogP contribution is -2.50. The van der Waals surface area contributed by atoms with Crippen LogP contribution in [0.4, 0.5) is 5.69 Å². The number of carbonyl (C=O) groups is 2. The van der Waals surface area contributed by atoms with Gasteiger partial charge in [0, 0.05) is 16.7 Å². The first-order valence-electron chi connectivity index (χ1n) is 12.2. The number of aliphatic hydroxyl groups is 2. The fourth-order valence-electron chi connectivity index (χ4n) is 8.43. The summed E-state index contributed by atoms with van der Waals surface area (Å²) in [6, 6.07) is 7.22. The zero-order valence-corrected chi connectivity index (χ0v) is 18.9. The molecule has 1 aromatic carbocycles. The standard InChI is InChI=1S/C27H33NO4/c1-25-11-9-16(29)13-15(25)7-8-17-18(25)10-12-26(2)20(17)14-21(23(26)30)27(32)19-5-3-4-6-22(19)28-24(27)31/h3-7,16-18,20-21,29,32H,8-14H2,1-2H3,(H,28,31)/t16-,17+,18-,20-,21?,25-,26-,27?/m0/s1. The first-order valence-corrected chi connectivity index (χ1v) is 12.2. The number of amides is 1.